The van der Waals surface area contributed by atoms with Gasteiger partial charge in [-0.1, -0.05) is 473 Å². The van der Waals surface area contributed by atoms with Gasteiger partial charge < -0.3 is 0 Å². The van der Waals surface area contributed by atoms with Crippen molar-refractivity contribution in [1.82, 2.24) is 0 Å². The first-order valence-corrected chi connectivity index (χ1v) is 44.7. The first kappa shape index (κ1) is 75.8. The van der Waals surface area contributed by atoms with Gasteiger partial charge in [0.05, 0.1) is 0 Å². The summed E-state index contributed by atoms with van der Waals surface area (Å²) >= 11 is 1.89. The number of hydrogen-bond donors (Lipinski definition) is 0. The van der Waals surface area contributed by atoms with Crippen LogP contribution in [0, 0.1) is 0 Å². The fourth-order valence-electron chi connectivity index (χ4n) is 20.0. The number of benzene rings is 24. The maximum atomic E-state index is 2.47. The van der Waals surface area contributed by atoms with Crippen LogP contribution in [0.1, 0.15) is 0 Å². The van der Waals surface area contributed by atoms with Crippen molar-refractivity contribution in [3.63, 3.8) is 0 Å². The molecule has 0 nitrogen and oxygen atoms in total. The van der Waals surface area contributed by atoms with Gasteiger partial charge in [-0.3, -0.25) is 0 Å². The molecule has 0 saturated heterocycles. The lowest BCUT2D eigenvalue weighted by atomic mass is 9.82. The second kappa shape index (κ2) is 32.9. The van der Waals surface area contributed by atoms with Gasteiger partial charge in [0.2, 0.25) is 0 Å². The zero-order chi connectivity index (χ0) is 84.1. The molecule has 0 fully saturated rings. The van der Waals surface area contributed by atoms with Gasteiger partial charge in [-0.25, -0.2) is 0 Å². The Hall–Kier alpha value is -16.2. The van der Waals surface area contributed by atoms with Crippen LogP contribution in [-0.4, -0.2) is 0 Å². The number of fused-ring (bicyclic) bond motifs is 12. The first-order valence-electron chi connectivity index (χ1n) is 43.8. The molecule has 25 rings (SSSR count). The molecule has 25 aromatic rings. The summed E-state index contributed by atoms with van der Waals surface area (Å²) in [6.07, 6.45) is 0. The predicted octanol–water partition coefficient (Wildman–Crippen LogP) is 36.1. The van der Waals surface area contributed by atoms with Crippen LogP contribution >= 0.6 is 11.3 Å². The molecule has 592 valence electrons. The highest BCUT2D eigenvalue weighted by molar-refractivity contribution is 7.26. The van der Waals surface area contributed by atoms with Crippen molar-refractivity contribution < 1.29 is 0 Å². The summed E-state index contributed by atoms with van der Waals surface area (Å²) in [5.41, 5.74) is 27.6. The molecule has 24 aromatic carbocycles. The van der Waals surface area contributed by atoms with Crippen LogP contribution < -0.4 is 0 Å². The maximum Gasteiger partial charge on any atom is 0.0433 e. The van der Waals surface area contributed by atoms with Gasteiger partial charge in [-0.15, -0.1) is 11.3 Å². The van der Waals surface area contributed by atoms with Crippen LogP contribution in [0.15, 0.2) is 497 Å². The van der Waals surface area contributed by atoms with Crippen LogP contribution in [0.3, 0.4) is 0 Å². The second-order valence-corrected chi connectivity index (χ2v) is 34.1. The first-order chi connectivity index (χ1) is 63.0. The van der Waals surface area contributed by atoms with Gasteiger partial charge in [0, 0.05) is 20.2 Å². The van der Waals surface area contributed by atoms with Crippen LogP contribution in [0.4, 0.5) is 0 Å². The molecule has 0 radical (unpaired) electrons. The lowest BCUT2D eigenvalue weighted by molar-refractivity contribution is 1.61. The molecule has 0 aliphatic heterocycles. The van der Waals surface area contributed by atoms with E-state index in [9.17, 15) is 0 Å². The Balaban J connectivity index is 0.000000113. The Morgan fingerprint density at radius 1 is 0.110 bits per heavy atom. The Morgan fingerprint density at radius 3 is 0.937 bits per heavy atom. The largest absolute Gasteiger partial charge is 0.135 e. The quantitative estimate of drug-likeness (QED) is 0.113. The highest BCUT2D eigenvalue weighted by Crippen LogP contribution is 2.52. The van der Waals surface area contributed by atoms with E-state index < -0.39 is 0 Å². The van der Waals surface area contributed by atoms with Crippen LogP contribution in [-0.2, 0) is 0 Å². The van der Waals surface area contributed by atoms with E-state index in [1.807, 2.05) is 11.3 Å². The van der Waals surface area contributed by atoms with Crippen molar-refractivity contribution in [2.24, 2.45) is 0 Å². The van der Waals surface area contributed by atoms with E-state index in [2.05, 4.69) is 497 Å². The summed E-state index contributed by atoms with van der Waals surface area (Å²) in [6, 6.07) is 181. The molecule has 0 aliphatic rings. The minimum absolute atomic E-state index is 1.23. The zero-order valence-corrected chi connectivity index (χ0v) is 70.6. The monoisotopic (exact) mass is 1630 g/mol. The second-order valence-electron chi connectivity index (χ2n) is 33.0. The standard InChI is InChI=1S/C52H32S.C42H28.C32H22/c1-2-14-34(15-3-1)38-29-30-45(41-18-7-6-17-40(38)41)51-44-21-9-8-20-43(44)50(37-26-25-33-13-4-5-16-35(33)31-37)48-32-36(27-28-46(48)51)39-22-12-23-47-42-19-10-11-24-49(42)53-52(39)47;1-3-12-29(13-4-1)31-22-24-33(25-23-31)41-37-19-9-10-20-38(37)42(36-21-11-17-32-16-7-8-18-35(32)36)40-28-34(26-27-39(40)41)30-14-5-2-6-15-30;1-3-11-23(12-4-1)24-19-21-26(22-20-24)32-29-17-9-7-15-27(29)31(25-13-5-2-6-14-25)28-16-8-10-18-30(28)32/h1-32H;1-28H;1-22H. The van der Waals surface area contributed by atoms with Gasteiger partial charge >= 0.3 is 0 Å². The van der Waals surface area contributed by atoms with Crippen LogP contribution in [0.25, 0.3) is 240 Å². The average molecular weight is 1630 g/mol. The molecule has 0 atom stereocenters. The van der Waals surface area contributed by atoms with Gasteiger partial charge in [-0.05, 0) is 244 Å². The average Bonchev–Trinajstić information content (AvgIpc) is 1.02. The molecule has 0 amide bonds. The number of hydrogen-bond acceptors (Lipinski definition) is 1. The summed E-state index contributed by atoms with van der Waals surface area (Å²) in [5, 5.41) is 25.5. The molecule has 0 saturated carbocycles. The predicted molar refractivity (Wildman–Crippen MR) is 550 cm³/mol. The minimum atomic E-state index is 1.23. The third-order valence-electron chi connectivity index (χ3n) is 25.8. The summed E-state index contributed by atoms with van der Waals surface area (Å²) in [7, 11) is 0. The summed E-state index contributed by atoms with van der Waals surface area (Å²) < 4.78 is 2.66. The number of thiophene rings is 1. The summed E-state index contributed by atoms with van der Waals surface area (Å²) in [6.45, 7) is 0. The molecule has 0 unspecified atom stereocenters. The van der Waals surface area contributed by atoms with E-state index in [1.54, 1.807) is 0 Å². The summed E-state index contributed by atoms with van der Waals surface area (Å²) in [5.74, 6) is 0. The molecule has 0 bridgehead atoms. The van der Waals surface area contributed by atoms with Gasteiger partial charge in [-0.2, -0.15) is 0 Å². The Morgan fingerprint density at radius 2 is 0.402 bits per heavy atom. The van der Waals surface area contributed by atoms with Crippen molar-refractivity contribution in [2.45, 2.75) is 0 Å². The molecule has 0 aliphatic carbocycles. The highest BCUT2D eigenvalue weighted by atomic mass is 32.1. The van der Waals surface area contributed by atoms with Crippen molar-refractivity contribution in [3.8, 4) is 122 Å². The summed E-state index contributed by atoms with van der Waals surface area (Å²) in [4.78, 5) is 0. The lowest BCUT2D eigenvalue weighted by Crippen LogP contribution is -1.93. The molecular weight excluding hydrogens is 1550 g/mol. The van der Waals surface area contributed by atoms with E-state index in [-0.39, 0.29) is 0 Å². The Labute approximate surface area is 742 Å². The van der Waals surface area contributed by atoms with E-state index in [0.29, 0.717) is 0 Å². The molecule has 1 aromatic heterocycles. The van der Waals surface area contributed by atoms with Crippen molar-refractivity contribution in [1.29, 1.82) is 0 Å². The van der Waals surface area contributed by atoms with Crippen LogP contribution in [0.5, 0.6) is 0 Å². The maximum absolute atomic E-state index is 2.47. The fraction of sp³-hybridized carbons (Fsp3) is 0. The van der Waals surface area contributed by atoms with Gasteiger partial charge in [0.1, 0.15) is 0 Å². The molecular formula is C126H82S. The Bertz CT molecular complexity index is 8440. The molecule has 0 spiro atoms. The van der Waals surface area contributed by atoms with Crippen molar-refractivity contribution >= 4 is 128 Å². The highest BCUT2D eigenvalue weighted by Gasteiger charge is 2.25. The van der Waals surface area contributed by atoms with E-state index >= 15 is 0 Å². The Kier molecular flexibility index (Phi) is 19.6. The van der Waals surface area contributed by atoms with E-state index in [1.165, 1.54) is 240 Å². The van der Waals surface area contributed by atoms with Crippen molar-refractivity contribution in [3.05, 3.63) is 497 Å². The topological polar surface area (TPSA) is 0 Å². The molecule has 127 heavy (non-hydrogen) atoms. The van der Waals surface area contributed by atoms with E-state index in [0.717, 1.165) is 0 Å². The minimum Gasteiger partial charge on any atom is -0.135 e. The molecule has 1 heteroatoms. The van der Waals surface area contributed by atoms with Gasteiger partial charge in [0.15, 0.2) is 0 Å². The van der Waals surface area contributed by atoms with E-state index in [4.69, 9.17) is 0 Å². The normalized spacial score (nSPS) is 11.5. The third kappa shape index (κ3) is 13.8. The lowest BCUT2D eigenvalue weighted by Gasteiger charge is -2.20. The molecule has 1 heterocycles. The smallest absolute Gasteiger partial charge is 0.0433 e. The van der Waals surface area contributed by atoms with Crippen LogP contribution in [0.2, 0.25) is 0 Å². The van der Waals surface area contributed by atoms with Crippen molar-refractivity contribution in [2.75, 3.05) is 0 Å². The third-order valence-corrected chi connectivity index (χ3v) is 27.0. The fourth-order valence-corrected chi connectivity index (χ4v) is 21.2. The molecule has 0 N–H and O–H groups in total. The SMILES string of the molecule is c1ccc(-c2ccc(-c3c4ccccc4c(-c4ccc5ccccc5c4)c4cc(-c5cccc6c5sc5ccccc56)ccc34)c3ccccc23)cc1.c1ccc(-c2ccc(-c3c4ccccc4c(-c4cccc5ccccc45)c4cc(-c5ccccc5)ccc34)cc2)cc1.c1ccc(-c2ccc(-c3c4ccccc4c(-c4ccccc4)c4ccccc34)cc2)cc1. The number of rotatable bonds is 11. The van der Waals surface area contributed by atoms with Gasteiger partial charge in [0.25, 0.3) is 0 Å². The zero-order valence-electron chi connectivity index (χ0n) is 69.8.